The first-order valence-corrected chi connectivity index (χ1v) is 11.6. The Morgan fingerprint density at radius 3 is 2.55 bits per heavy atom. The van der Waals surface area contributed by atoms with Crippen molar-refractivity contribution in [1.82, 2.24) is 15.2 Å². The molecule has 0 saturated carbocycles. The molecule has 1 N–H and O–H groups in total. The molecule has 1 fully saturated rings. The van der Waals surface area contributed by atoms with Gasteiger partial charge in [-0.25, -0.2) is 0 Å². The Morgan fingerprint density at radius 1 is 1.00 bits per heavy atom. The number of nitrogens with zero attached hydrogens (tertiary/aromatic N) is 3. The van der Waals surface area contributed by atoms with Crippen LogP contribution in [0.15, 0.2) is 53.7 Å². The van der Waals surface area contributed by atoms with E-state index in [0.29, 0.717) is 38.0 Å². The van der Waals surface area contributed by atoms with Gasteiger partial charge >= 0.3 is 0 Å². The Balaban J connectivity index is 1.23. The second-order valence-electron chi connectivity index (χ2n) is 7.73. The summed E-state index contributed by atoms with van der Waals surface area (Å²) in [6.45, 7) is 1.86. The van der Waals surface area contributed by atoms with Crippen molar-refractivity contribution in [3.63, 3.8) is 0 Å². The highest BCUT2D eigenvalue weighted by molar-refractivity contribution is 7.99. The van der Waals surface area contributed by atoms with Gasteiger partial charge in [-0.3, -0.25) is 19.4 Å². The van der Waals surface area contributed by atoms with Crippen molar-refractivity contribution in [1.29, 1.82) is 0 Å². The molecule has 2 aliphatic rings. The predicted molar refractivity (Wildman–Crippen MR) is 120 cm³/mol. The number of carbonyl (C=O) groups excluding carboxylic acids is 3. The number of thioether (sulfide) groups is 1. The van der Waals surface area contributed by atoms with E-state index in [0.717, 1.165) is 16.3 Å². The van der Waals surface area contributed by atoms with E-state index in [9.17, 15) is 14.4 Å². The molecule has 1 saturated heterocycles. The van der Waals surface area contributed by atoms with Gasteiger partial charge in [-0.05, 0) is 37.1 Å². The van der Waals surface area contributed by atoms with Crippen molar-refractivity contribution < 1.29 is 14.4 Å². The lowest BCUT2D eigenvalue weighted by atomic mass is 10.0. The van der Waals surface area contributed by atoms with Crippen LogP contribution >= 0.6 is 11.8 Å². The van der Waals surface area contributed by atoms with Crippen LogP contribution in [0.1, 0.15) is 36.0 Å². The Hall–Kier alpha value is -2.87. The Kier molecular flexibility index (Phi) is 6.86. The molecule has 0 atom stereocenters. The summed E-state index contributed by atoms with van der Waals surface area (Å²) in [4.78, 5) is 46.3. The number of para-hydroxylation sites is 1. The van der Waals surface area contributed by atoms with Gasteiger partial charge in [0, 0.05) is 61.6 Å². The summed E-state index contributed by atoms with van der Waals surface area (Å²) in [5.74, 6) is 0.739. The second kappa shape index (κ2) is 9.96. The van der Waals surface area contributed by atoms with E-state index in [1.54, 1.807) is 46.1 Å². The number of rotatable bonds is 5. The summed E-state index contributed by atoms with van der Waals surface area (Å²) in [6.07, 6.45) is 5.04. The number of benzene rings is 1. The number of nitrogens with one attached hydrogen (secondary N) is 1. The van der Waals surface area contributed by atoms with Crippen LogP contribution in [0.2, 0.25) is 0 Å². The molecule has 1 aromatic carbocycles. The first-order chi connectivity index (χ1) is 15.1. The summed E-state index contributed by atoms with van der Waals surface area (Å²) in [5, 5.41) is 3.02. The molecule has 31 heavy (non-hydrogen) atoms. The second-order valence-corrected chi connectivity index (χ2v) is 8.87. The Morgan fingerprint density at radius 2 is 1.77 bits per heavy atom. The number of hydrogen-bond acceptors (Lipinski definition) is 5. The van der Waals surface area contributed by atoms with Gasteiger partial charge < -0.3 is 15.1 Å². The predicted octanol–water partition coefficient (Wildman–Crippen LogP) is 2.72. The number of anilines is 1. The van der Waals surface area contributed by atoms with E-state index in [1.165, 1.54) is 0 Å². The summed E-state index contributed by atoms with van der Waals surface area (Å²) in [6, 6.07) is 11.4. The molecule has 4 rings (SSSR count). The van der Waals surface area contributed by atoms with Gasteiger partial charge in [0.15, 0.2) is 0 Å². The molecule has 1 aromatic heterocycles. The van der Waals surface area contributed by atoms with E-state index in [1.807, 2.05) is 24.3 Å². The molecular weight excluding hydrogens is 412 g/mol. The van der Waals surface area contributed by atoms with E-state index in [-0.39, 0.29) is 36.6 Å². The van der Waals surface area contributed by atoms with Gasteiger partial charge in [-0.1, -0.05) is 12.1 Å². The monoisotopic (exact) mass is 438 g/mol. The van der Waals surface area contributed by atoms with E-state index < -0.39 is 0 Å². The molecule has 0 unspecified atom stereocenters. The fourth-order valence-electron chi connectivity index (χ4n) is 3.97. The molecule has 2 aliphatic heterocycles. The maximum atomic E-state index is 12.7. The van der Waals surface area contributed by atoms with Gasteiger partial charge in [0.2, 0.25) is 11.8 Å². The molecule has 162 valence electrons. The van der Waals surface area contributed by atoms with Crippen molar-refractivity contribution in [2.24, 2.45) is 0 Å². The Bertz CT molecular complexity index is 945. The third kappa shape index (κ3) is 5.25. The van der Waals surface area contributed by atoms with Crippen LogP contribution in [0.3, 0.4) is 0 Å². The minimum atomic E-state index is -0.136. The fourth-order valence-corrected chi connectivity index (χ4v) is 4.97. The van der Waals surface area contributed by atoms with Gasteiger partial charge in [-0.15, -0.1) is 11.8 Å². The maximum Gasteiger partial charge on any atom is 0.253 e. The molecule has 0 bridgehead atoms. The van der Waals surface area contributed by atoms with Crippen LogP contribution in [0.4, 0.5) is 5.69 Å². The third-order valence-corrected chi connectivity index (χ3v) is 6.73. The summed E-state index contributed by atoms with van der Waals surface area (Å²) >= 11 is 1.76. The zero-order valence-electron chi connectivity index (χ0n) is 17.3. The number of fused-ring (bicyclic) bond motifs is 1. The van der Waals surface area contributed by atoms with Crippen molar-refractivity contribution in [3.05, 3.63) is 54.4 Å². The van der Waals surface area contributed by atoms with Gasteiger partial charge in [0.25, 0.3) is 5.91 Å². The topological polar surface area (TPSA) is 82.6 Å². The highest BCUT2D eigenvalue weighted by Gasteiger charge is 2.26. The van der Waals surface area contributed by atoms with Gasteiger partial charge in [0.1, 0.15) is 0 Å². The van der Waals surface area contributed by atoms with Crippen molar-refractivity contribution >= 4 is 35.2 Å². The highest BCUT2D eigenvalue weighted by Crippen LogP contribution is 2.34. The van der Waals surface area contributed by atoms with E-state index >= 15 is 0 Å². The molecule has 3 heterocycles. The van der Waals surface area contributed by atoms with Crippen LogP contribution in [0, 0.1) is 0 Å². The number of carbonyl (C=O) groups is 3. The first-order valence-electron chi connectivity index (χ1n) is 10.6. The number of hydrogen-bond donors (Lipinski definition) is 1. The average molecular weight is 439 g/mol. The van der Waals surface area contributed by atoms with Crippen LogP contribution in [-0.2, 0) is 9.59 Å². The van der Waals surface area contributed by atoms with Crippen LogP contribution < -0.4 is 10.2 Å². The summed E-state index contributed by atoms with van der Waals surface area (Å²) in [5.41, 5.74) is 1.48. The fraction of sp³-hybridized carbons (Fsp3) is 0.391. The highest BCUT2D eigenvalue weighted by atomic mass is 32.2. The smallest absolute Gasteiger partial charge is 0.253 e. The largest absolute Gasteiger partial charge is 0.349 e. The number of amides is 3. The molecule has 7 nitrogen and oxygen atoms in total. The third-order valence-electron chi connectivity index (χ3n) is 5.69. The molecular formula is C23H26N4O3S. The maximum absolute atomic E-state index is 12.7. The minimum Gasteiger partial charge on any atom is -0.349 e. The van der Waals surface area contributed by atoms with E-state index in [2.05, 4.69) is 10.3 Å². The van der Waals surface area contributed by atoms with Crippen molar-refractivity contribution in [3.8, 4) is 0 Å². The molecule has 8 heteroatoms. The van der Waals surface area contributed by atoms with Crippen LogP contribution in [0.25, 0.3) is 0 Å². The summed E-state index contributed by atoms with van der Waals surface area (Å²) < 4.78 is 0. The molecule has 0 aliphatic carbocycles. The molecule has 0 spiro atoms. The van der Waals surface area contributed by atoms with Crippen molar-refractivity contribution in [2.45, 2.75) is 36.6 Å². The quantitative estimate of drug-likeness (QED) is 0.776. The number of aromatic nitrogens is 1. The van der Waals surface area contributed by atoms with E-state index in [4.69, 9.17) is 0 Å². The SMILES string of the molecule is O=C(NC1CCN(C(=O)CCC(=O)N2CCSc3ccccc32)CC1)c1cccnc1. The van der Waals surface area contributed by atoms with Crippen LogP contribution in [-0.4, -0.2) is 59.0 Å². The van der Waals surface area contributed by atoms with Crippen LogP contribution in [0.5, 0.6) is 0 Å². The zero-order chi connectivity index (χ0) is 21.6. The first kappa shape index (κ1) is 21.4. The lowest BCUT2D eigenvalue weighted by Crippen LogP contribution is -2.46. The van der Waals surface area contributed by atoms with Gasteiger partial charge in [-0.2, -0.15) is 0 Å². The summed E-state index contributed by atoms with van der Waals surface area (Å²) in [7, 11) is 0. The Labute approximate surface area is 186 Å². The molecule has 2 aromatic rings. The standard InChI is InChI=1S/C23H26N4O3S/c28-21(7-8-22(29)27-14-15-31-20-6-2-1-5-19(20)27)26-12-9-18(10-13-26)25-23(30)17-4-3-11-24-16-17/h1-6,11,16,18H,7-10,12-15H2,(H,25,30). The lowest BCUT2D eigenvalue weighted by Gasteiger charge is -2.33. The molecule has 3 amide bonds. The minimum absolute atomic E-state index is 0.000259. The zero-order valence-corrected chi connectivity index (χ0v) is 18.1. The number of piperidine rings is 1. The average Bonchev–Trinajstić information content (AvgIpc) is 2.83. The number of likely N-dealkylation sites (tertiary alicyclic amines) is 1. The number of pyridine rings is 1. The van der Waals surface area contributed by atoms with Gasteiger partial charge in [0.05, 0.1) is 11.3 Å². The van der Waals surface area contributed by atoms with Crippen molar-refractivity contribution in [2.75, 3.05) is 30.3 Å². The molecule has 0 radical (unpaired) electrons. The lowest BCUT2D eigenvalue weighted by molar-refractivity contribution is -0.134. The normalized spacial score (nSPS) is 16.5.